The van der Waals surface area contributed by atoms with Crippen LogP contribution in [0.25, 0.3) is 0 Å². The fourth-order valence-electron chi connectivity index (χ4n) is 2.13. The Bertz CT molecular complexity index is 353. The molecule has 1 rings (SSSR count). The maximum Gasteiger partial charge on any atom is 0.307 e. The molecule has 0 saturated heterocycles. The molecule has 0 aromatic rings. The quantitative estimate of drug-likeness (QED) is 0.717. The Labute approximate surface area is 103 Å². The molecular formula is C11H19NO4S. The van der Waals surface area contributed by atoms with Crippen LogP contribution in [0.2, 0.25) is 0 Å². The number of hydrogen-bond acceptors (Lipinski definition) is 3. The van der Waals surface area contributed by atoms with E-state index in [1.165, 1.54) is 0 Å². The molecule has 0 heterocycles. The predicted octanol–water partition coefficient (Wildman–Crippen LogP) is 0.228. The van der Waals surface area contributed by atoms with Gasteiger partial charge in [0, 0.05) is 28.9 Å². The van der Waals surface area contributed by atoms with Gasteiger partial charge < -0.3 is 10.4 Å². The van der Waals surface area contributed by atoms with E-state index in [1.54, 1.807) is 13.8 Å². The van der Waals surface area contributed by atoms with Crippen molar-refractivity contribution in [3.05, 3.63) is 0 Å². The minimum absolute atomic E-state index is 0.240. The molecule has 1 fully saturated rings. The van der Waals surface area contributed by atoms with Crippen molar-refractivity contribution in [3.63, 3.8) is 0 Å². The Balaban J connectivity index is 2.40. The summed E-state index contributed by atoms with van der Waals surface area (Å²) in [4.78, 5) is 22.6. The highest BCUT2D eigenvalue weighted by molar-refractivity contribution is 7.84. The van der Waals surface area contributed by atoms with Gasteiger partial charge in [-0.15, -0.1) is 0 Å². The Morgan fingerprint density at radius 3 is 2.35 bits per heavy atom. The molecule has 1 aliphatic carbocycles. The summed E-state index contributed by atoms with van der Waals surface area (Å²) in [5, 5.41) is 11.6. The van der Waals surface area contributed by atoms with E-state index < -0.39 is 34.0 Å². The number of carbonyl (C=O) groups excluding carboxylic acids is 1. The second-order valence-electron chi connectivity index (χ2n) is 4.84. The fraction of sp³-hybridized carbons (Fsp3) is 0.818. The van der Waals surface area contributed by atoms with Crippen LogP contribution >= 0.6 is 0 Å². The van der Waals surface area contributed by atoms with Crippen LogP contribution in [0.1, 0.15) is 20.8 Å². The van der Waals surface area contributed by atoms with Crippen molar-refractivity contribution in [2.24, 2.45) is 17.3 Å². The summed E-state index contributed by atoms with van der Waals surface area (Å²) in [6.07, 6.45) is 0. The molecule has 5 nitrogen and oxygen atoms in total. The number of carbonyl (C=O) groups is 2. The van der Waals surface area contributed by atoms with Gasteiger partial charge in [0.15, 0.2) is 0 Å². The predicted molar refractivity (Wildman–Crippen MR) is 65.0 cm³/mol. The molecule has 0 radical (unpaired) electrons. The number of carboxylic acids is 1. The van der Waals surface area contributed by atoms with E-state index in [2.05, 4.69) is 5.32 Å². The highest BCUT2D eigenvalue weighted by Crippen LogP contribution is 2.58. The zero-order valence-corrected chi connectivity index (χ0v) is 11.2. The molecule has 2 N–H and O–H groups in total. The average molecular weight is 261 g/mol. The lowest BCUT2D eigenvalue weighted by Crippen LogP contribution is -2.31. The Kier molecular flexibility index (Phi) is 4.30. The van der Waals surface area contributed by atoms with Gasteiger partial charge in [0.25, 0.3) is 0 Å². The summed E-state index contributed by atoms with van der Waals surface area (Å²) < 4.78 is 11.1. The molecule has 3 atom stereocenters. The van der Waals surface area contributed by atoms with Crippen LogP contribution in [0.5, 0.6) is 0 Å². The molecule has 0 spiro atoms. The van der Waals surface area contributed by atoms with Crippen molar-refractivity contribution in [1.29, 1.82) is 0 Å². The van der Waals surface area contributed by atoms with Crippen molar-refractivity contribution in [2.45, 2.75) is 20.8 Å². The summed E-state index contributed by atoms with van der Waals surface area (Å²) in [5.41, 5.74) is -0.472. The van der Waals surface area contributed by atoms with Gasteiger partial charge in [-0.2, -0.15) is 0 Å². The highest BCUT2D eigenvalue weighted by atomic mass is 32.2. The lowest BCUT2D eigenvalue weighted by atomic mass is 10.1. The van der Waals surface area contributed by atoms with Gasteiger partial charge in [-0.05, 0) is 5.41 Å². The van der Waals surface area contributed by atoms with Crippen LogP contribution in [-0.4, -0.2) is 39.2 Å². The molecule has 1 amide bonds. The Morgan fingerprint density at radius 1 is 1.35 bits per heavy atom. The molecule has 1 saturated carbocycles. The molecule has 0 aromatic carbocycles. The Morgan fingerprint density at radius 2 is 1.94 bits per heavy atom. The van der Waals surface area contributed by atoms with Gasteiger partial charge >= 0.3 is 5.97 Å². The van der Waals surface area contributed by atoms with E-state index >= 15 is 0 Å². The SMILES string of the molecule is CCS(=O)CCNC(=O)[C@H]1[C@@H](C(=O)O)C1(C)C. The smallest absolute Gasteiger partial charge is 0.307 e. The zero-order valence-electron chi connectivity index (χ0n) is 10.4. The fourth-order valence-corrected chi connectivity index (χ4v) is 2.75. The third kappa shape index (κ3) is 3.06. The summed E-state index contributed by atoms with van der Waals surface area (Å²) in [6.45, 7) is 5.72. The van der Waals surface area contributed by atoms with Crippen molar-refractivity contribution in [3.8, 4) is 0 Å². The first-order valence-corrected chi connectivity index (χ1v) is 7.16. The van der Waals surface area contributed by atoms with Crippen molar-refractivity contribution in [2.75, 3.05) is 18.1 Å². The van der Waals surface area contributed by atoms with E-state index in [0.717, 1.165) is 0 Å². The molecule has 6 heteroatoms. The molecule has 1 aliphatic rings. The first-order chi connectivity index (χ1) is 7.82. The van der Waals surface area contributed by atoms with Gasteiger partial charge in [0.1, 0.15) is 0 Å². The number of rotatable bonds is 6. The van der Waals surface area contributed by atoms with Crippen molar-refractivity contribution in [1.82, 2.24) is 5.32 Å². The molecule has 1 unspecified atom stereocenters. The summed E-state index contributed by atoms with van der Waals surface area (Å²) in [7, 11) is -0.904. The molecule has 0 bridgehead atoms. The third-order valence-corrected chi connectivity index (χ3v) is 4.63. The van der Waals surface area contributed by atoms with Crippen molar-refractivity contribution >= 4 is 22.7 Å². The van der Waals surface area contributed by atoms with E-state index in [4.69, 9.17) is 5.11 Å². The van der Waals surface area contributed by atoms with E-state index in [1.807, 2.05) is 6.92 Å². The maximum atomic E-state index is 11.7. The number of aliphatic carboxylic acids is 1. The minimum atomic E-state index is -0.924. The van der Waals surface area contributed by atoms with Gasteiger partial charge in [-0.1, -0.05) is 20.8 Å². The van der Waals surface area contributed by atoms with Gasteiger partial charge in [0.05, 0.1) is 11.8 Å². The van der Waals surface area contributed by atoms with E-state index in [9.17, 15) is 13.8 Å². The van der Waals surface area contributed by atoms with Gasteiger partial charge in [0.2, 0.25) is 5.91 Å². The van der Waals surface area contributed by atoms with Crippen LogP contribution < -0.4 is 5.32 Å². The Hall–Kier alpha value is -0.910. The van der Waals surface area contributed by atoms with Crippen molar-refractivity contribution < 1.29 is 18.9 Å². The number of hydrogen-bond donors (Lipinski definition) is 2. The number of nitrogens with one attached hydrogen (secondary N) is 1. The molecular weight excluding hydrogens is 242 g/mol. The first kappa shape index (κ1) is 14.2. The van der Waals surface area contributed by atoms with Crippen LogP contribution in [0.4, 0.5) is 0 Å². The standard InChI is InChI=1S/C11H19NO4S/c1-4-17(16)6-5-12-9(13)7-8(10(14)15)11(7,2)3/h7-8H,4-6H2,1-3H3,(H,12,13)(H,14,15)/t7-,8+,17?/m1/s1. The van der Waals surface area contributed by atoms with Crippen LogP contribution in [0.15, 0.2) is 0 Å². The maximum absolute atomic E-state index is 11.7. The number of carboxylic acid groups (broad SMARTS) is 1. The lowest BCUT2D eigenvalue weighted by molar-refractivity contribution is -0.140. The average Bonchev–Trinajstić information content (AvgIpc) is 2.81. The van der Waals surface area contributed by atoms with Gasteiger partial charge in [-0.3, -0.25) is 13.8 Å². The summed E-state index contributed by atoms with van der Waals surface area (Å²) in [5.74, 6) is -1.23. The highest BCUT2D eigenvalue weighted by Gasteiger charge is 2.65. The first-order valence-electron chi connectivity index (χ1n) is 5.67. The van der Waals surface area contributed by atoms with Crippen LogP contribution in [-0.2, 0) is 20.4 Å². The topological polar surface area (TPSA) is 83.5 Å². The molecule has 0 aromatic heterocycles. The normalized spacial score (nSPS) is 27.2. The van der Waals surface area contributed by atoms with Crippen LogP contribution in [0, 0.1) is 17.3 Å². The minimum Gasteiger partial charge on any atom is -0.481 e. The second-order valence-corrected chi connectivity index (χ2v) is 6.70. The number of amides is 1. The summed E-state index contributed by atoms with van der Waals surface area (Å²) in [6, 6.07) is 0. The molecule has 98 valence electrons. The lowest BCUT2D eigenvalue weighted by Gasteiger charge is -2.05. The monoisotopic (exact) mass is 261 g/mol. The zero-order chi connectivity index (χ0) is 13.2. The van der Waals surface area contributed by atoms with E-state index in [0.29, 0.717) is 18.1 Å². The summed E-state index contributed by atoms with van der Waals surface area (Å²) >= 11 is 0. The third-order valence-electron chi connectivity index (χ3n) is 3.33. The van der Waals surface area contributed by atoms with Gasteiger partial charge in [-0.25, -0.2) is 0 Å². The largest absolute Gasteiger partial charge is 0.481 e. The second kappa shape index (κ2) is 5.16. The molecule has 17 heavy (non-hydrogen) atoms. The molecule has 0 aliphatic heterocycles. The van der Waals surface area contributed by atoms with E-state index in [-0.39, 0.29) is 5.91 Å². The van der Waals surface area contributed by atoms with Crippen LogP contribution in [0.3, 0.4) is 0 Å².